The number of carboxylic acids is 1. The molecule has 0 bridgehead atoms. The molecular formula is C10H19NO2S. The standard InChI is InChI=1S/C10H19NO2S/c1-10(2,9(12)13)8-11-4-3-6-14-7-5-11/h3-8H2,1-2H3,(H,12,13). The van der Waals surface area contributed by atoms with E-state index in [2.05, 4.69) is 4.90 Å². The molecular weight excluding hydrogens is 198 g/mol. The number of nitrogens with zero attached hydrogens (tertiary/aromatic N) is 1. The Kier molecular flexibility index (Phi) is 4.26. The molecule has 0 aliphatic carbocycles. The highest BCUT2D eigenvalue weighted by molar-refractivity contribution is 7.99. The summed E-state index contributed by atoms with van der Waals surface area (Å²) in [5, 5.41) is 9.01. The average molecular weight is 217 g/mol. The second-order valence-corrected chi connectivity index (χ2v) is 5.66. The molecule has 1 rings (SSSR count). The molecule has 1 aliphatic rings. The van der Waals surface area contributed by atoms with Crippen LogP contribution in [0.3, 0.4) is 0 Å². The van der Waals surface area contributed by atoms with Crippen molar-refractivity contribution in [3.8, 4) is 0 Å². The molecule has 0 saturated carbocycles. The highest BCUT2D eigenvalue weighted by atomic mass is 32.2. The minimum Gasteiger partial charge on any atom is -0.481 e. The fourth-order valence-corrected chi connectivity index (χ4v) is 2.51. The van der Waals surface area contributed by atoms with Gasteiger partial charge in [0.15, 0.2) is 0 Å². The van der Waals surface area contributed by atoms with Crippen molar-refractivity contribution in [1.29, 1.82) is 0 Å². The quantitative estimate of drug-likeness (QED) is 0.778. The first kappa shape index (κ1) is 11.9. The van der Waals surface area contributed by atoms with Crippen LogP contribution in [0.4, 0.5) is 0 Å². The molecule has 1 saturated heterocycles. The van der Waals surface area contributed by atoms with Crippen LogP contribution < -0.4 is 0 Å². The molecule has 0 unspecified atom stereocenters. The van der Waals surface area contributed by atoms with Gasteiger partial charge in [-0.15, -0.1) is 0 Å². The lowest BCUT2D eigenvalue weighted by Crippen LogP contribution is -2.40. The van der Waals surface area contributed by atoms with E-state index in [-0.39, 0.29) is 0 Å². The molecule has 0 aromatic carbocycles. The lowest BCUT2D eigenvalue weighted by molar-refractivity contribution is -0.147. The van der Waals surface area contributed by atoms with E-state index in [9.17, 15) is 4.79 Å². The number of rotatable bonds is 3. The van der Waals surface area contributed by atoms with Crippen LogP contribution in [-0.2, 0) is 4.79 Å². The molecule has 3 nitrogen and oxygen atoms in total. The van der Waals surface area contributed by atoms with E-state index in [4.69, 9.17) is 5.11 Å². The number of thioether (sulfide) groups is 1. The van der Waals surface area contributed by atoms with Crippen molar-refractivity contribution in [2.24, 2.45) is 5.41 Å². The maximum absolute atomic E-state index is 10.9. The Morgan fingerprint density at radius 3 is 2.79 bits per heavy atom. The fraction of sp³-hybridized carbons (Fsp3) is 0.900. The van der Waals surface area contributed by atoms with Gasteiger partial charge >= 0.3 is 5.97 Å². The Balaban J connectivity index is 2.45. The van der Waals surface area contributed by atoms with Gasteiger partial charge < -0.3 is 10.0 Å². The predicted octanol–water partition coefficient (Wildman–Crippen LogP) is 1.54. The number of hydrogen-bond donors (Lipinski definition) is 1. The zero-order valence-corrected chi connectivity index (χ0v) is 9.77. The lowest BCUT2D eigenvalue weighted by Gasteiger charge is -2.28. The molecule has 1 heterocycles. The molecule has 0 aromatic rings. The van der Waals surface area contributed by atoms with Crippen LogP contribution in [0.5, 0.6) is 0 Å². The summed E-state index contributed by atoms with van der Waals surface area (Å²) in [6.45, 7) is 6.34. The van der Waals surface area contributed by atoms with Crippen molar-refractivity contribution in [2.45, 2.75) is 20.3 Å². The van der Waals surface area contributed by atoms with Crippen LogP contribution in [0.25, 0.3) is 0 Å². The molecule has 0 spiro atoms. The van der Waals surface area contributed by atoms with Gasteiger partial charge in [0, 0.05) is 18.8 Å². The molecule has 14 heavy (non-hydrogen) atoms. The van der Waals surface area contributed by atoms with Crippen molar-refractivity contribution in [3.63, 3.8) is 0 Å². The fourth-order valence-electron chi connectivity index (χ4n) is 1.58. The zero-order valence-electron chi connectivity index (χ0n) is 8.95. The van der Waals surface area contributed by atoms with Gasteiger partial charge in [0.2, 0.25) is 0 Å². The van der Waals surface area contributed by atoms with Crippen LogP contribution in [0.2, 0.25) is 0 Å². The summed E-state index contributed by atoms with van der Waals surface area (Å²) in [7, 11) is 0. The first-order valence-electron chi connectivity index (χ1n) is 5.06. The summed E-state index contributed by atoms with van der Waals surface area (Å²) in [4.78, 5) is 13.2. The molecule has 1 fully saturated rings. The second kappa shape index (κ2) is 5.03. The van der Waals surface area contributed by atoms with Crippen LogP contribution >= 0.6 is 11.8 Å². The van der Waals surface area contributed by atoms with E-state index in [0.29, 0.717) is 6.54 Å². The molecule has 4 heteroatoms. The van der Waals surface area contributed by atoms with Crippen molar-refractivity contribution in [3.05, 3.63) is 0 Å². The third-order valence-corrected chi connectivity index (χ3v) is 3.56. The van der Waals surface area contributed by atoms with Gasteiger partial charge in [-0.2, -0.15) is 11.8 Å². The lowest BCUT2D eigenvalue weighted by atomic mass is 9.93. The molecule has 1 N–H and O–H groups in total. The minimum atomic E-state index is -0.700. The summed E-state index contributed by atoms with van der Waals surface area (Å²) in [5.41, 5.74) is -0.616. The summed E-state index contributed by atoms with van der Waals surface area (Å²) in [6, 6.07) is 0. The molecule has 0 amide bonds. The first-order chi connectivity index (χ1) is 6.52. The highest BCUT2D eigenvalue weighted by Crippen LogP contribution is 2.19. The summed E-state index contributed by atoms with van der Waals surface area (Å²) < 4.78 is 0. The first-order valence-corrected chi connectivity index (χ1v) is 6.21. The Morgan fingerprint density at radius 1 is 1.43 bits per heavy atom. The number of carboxylic acid groups (broad SMARTS) is 1. The van der Waals surface area contributed by atoms with Gasteiger partial charge in [-0.05, 0) is 32.6 Å². The van der Waals surface area contributed by atoms with Crippen LogP contribution in [-0.4, -0.2) is 47.1 Å². The molecule has 82 valence electrons. The van der Waals surface area contributed by atoms with Crippen molar-refractivity contribution >= 4 is 17.7 Å². The van der Waals surface area contributed by atoms with Gasteiger partial charge in [0.05, 0.1) is 5.41 Å². The monoisotopic (exact) mass is 217 g/mol. The second-order valence-electron chi connectivity index (χ2n) is 4.43. The predicted molar refractivity (Wildman–Crippen MR) is 59.8 cm³/mol. The SMILES string of the molecule is CC(C)(CN1CCCSCC1)C(=O)O. The van der Waals surface area contributed by atoms with E-state index in [1.165, 1.54) is 12.2 Å². The minimum absolute atomic E-state index is 0.616. The number of hydrogen-bond acceptors (Lipinski definition) is 3. The average Bonchev–Trinajstić information content (AvgIpc) is 2.32. The van der Waals surface area contributed by atoms with Gasteiger partial charge in [-0.25, -0.2) is 0 Å². The van der Waals surface area contributed by atoms with E-state index in [0.717, 1.165) is 18.8 Å². The van der Waals surface area contributed by atoms with Gasteiger partial charge in [0.25, 0.3) is 0 Å². The molecule has 0 atom stereocenters. The van der Waals surface area contributed by atoms with Crippen LogP contribution in [0.1, 0.15) is 20.3 Å². The third-order valence-electron chi connectivity index (χ3n) is 2.51. The Bertz CT molecular complexity index is 198. The summed E-state index contributed by atoms with van der Waals surface area (Å²) >= 11 is 1.96. The van der Waals surface area contributed by atoms with Crippen LogP contribution in [0, 0.1) is 5.41 Å². The highest BCUT2D eigenvalue weighted by Gasteiger charge is 2.29. The van der Waals surface area contributed by atoms with E-state index < -0.39 is 11.4 Å². The molecule has 1 aliphatic heterocycles. The normalized spacial score (nSPS) is 20.4. The topological polar surface area (TPSA) is 40.5 Å². The number of aliphatic carboxylic acids is 1. The maximum Gasteiger partial charge on any atom is 0.310 e. The van der Waals surface area contributed by atoms with E-state index in [1.807, 2.05) is 11.8 Å². The Hall–Kier alpha value is -0.220. The Labute approximate surface area is 89.9 Å². The maximum atomic E-state index is 10.9. The summed E-state index contributed by atoms with van der Waals surface area (Å²) in [6.07, 6.45) is 1.18. The Morgan fingerprint density at radius 2 is 2.14 bits per heavy atom. The van der Waals surface area contributed by atoms with Crippen molar-refractivity contribution < 1.29 is 9.90 Å². The van der Waals surface area contributed by atoms with Gasteiger partial charge in [-0.3, -0.25) is 4.79 Å². The van der Waals surface area contributed by atoms with Gasteiger partial charge in [0.1, 0.15) is 0 Å². The van der Waals surface area contributed by atoms with Crippen molar-refractivity contribution in [1.82, 2.24) is 4.90 Å². The molecule has 0 aromatic heterocycles. The smallest absolute Gasteiger partial charge is 0.310 e. The largest absolute Gasteiger partial charge is 0.481 e. The van der Waals surface area contributed by atoms with Crippen LogP contribution in [0.15, 0.2) is 0 Å². The zero-order chi connectivity index (χ0) is 10.6. The van der Waals surface area contributed by atoms with E-state index >= 15 is 0 Å². The molecule has 0 radical (unpaired) electrons. The summed E-state index contributed by atoms with van der Waals surface area (Å²) in [5.74, 6) is 1.65. The van der Waals surface area contributed by atoms with Gasteiger partial charge in [-0.1, -0.05) is 0 Å². The number of carbonyl (C=O) groups is 1. The van der Waals surface area contributed by atoms with E-state index in [1.54, 1.807) is 13.8 Å². The van der Waals surface area contributed by atoms with Crippen molar-refractivity contribution in [2.75, 3.05) is 31.1 Å². The third kappa shape index (κ3) is 3.50.